The first-order valence-electron chi connectivity index (χ1n) is 4.96. The number of alkyl halides is 2. The third-order valence-corrected chi connectivity index (χ3v) is 1.98. The van der Waals surface area contributed by atoms with Crippen LogP contribution in [0.4, 0.5) is 13.2 Å². The number of benzene rings is 1. The van der Waals surface area contributed by atoms with Crippen molar-refractivity contribution in [3.05, 3.63) is 29.6 Å². The minimum Gasteiger partial charge on any atom is -0.434 e. The fourth-order valence-corrected chi connectivity index (χ4v) is 1.22. The molecule has 5 heteroatoms. The van der Waals surface area contributed by atoms with E-state index in [0.29, 0.717) is 0 Å². The zero-order chi connectivity index (χ0) is 12.1. The Balaban J connectivity index is 2.85. The molecular formula is C11H14F3NO. The number of halogens is 3. The van der Waals surface area contributed by atoms with Crippen molar-refractivity contribution >= 4 is 0 Å². The lowest BCUT2D eigenvalue weighted by atomic mass is 10.2. The van der Waals surface area contributed by atoms with Gasteiger partial charge in [-0.3, -0.25) is 0 Å². The summed E-state index contributed by atoms with van der Waals surface area (Å²) in [6.45, 7) is 0.981. The highest BCUT2D eigenvalue weighted by Gasteiger charge is 2.13. The molecule has 0 aromatic heterocycles. The molecule has 0 aliphatic heterocycles. The Kier molecular flexibility index (Phi) is 4.61. The molecule has 0 spiro atoms. The number of nitrogens with one attached hydrogen (secondary N) is 1. The molecule has 2 nitrogen and oxygen atoms in total. The molecule has 0 amide bonds. The smallest absolute Gasteiger partial charge is 0.387 e. The van der Waals surface area contributed by atoms with Gasteiger partial charge in [-0.2, -0.15) is 8.78 Å². The summed E-state index contributed by atoms with van der Waals surface area (Å²) in [5, 5.41) is 2.95. The van der Waals surface area contributed by atoms with Gasteiger partial charge in [-0.15, -0.1) is 0 Å². The van der Waals surface area contributed by atoms with Gasteiger partial charge in [0.15, 0.2) is 0 Å². The average molecular weight is 233 g/mol. The minimum atomic E-state index is -2.94. The van der Waals surface area contributed by atoms with Gasteiger partial charge in [-0.25, -0.2) is 4.39 Å². The van der Waals surface area contributed by atoms with Crippen LogP contribution in [0.15, 0.2) is 18.2 Å². The lowest BCUT2D eigenvalue weighted by Gasteiger charge is -2.13. The maximum Gasteiger partial charge on any atom is 0.387 e. The average Bonchev–Trinajstić information content (AvgIpc) is 2.15. The zero-order valence-corrected chi connectivity index (χ0v) is 9.14. The van der Waals surface area contributed by atoms with Gasteiger partial charge in [0.2, 0.25) is 0 Å². The van der Waals surface area contributed by atoms with Gasteiger partial charge in [0.1, 0.15) is 11.6 Å². The highest BCUT2D eigenvalue weighted by Crippen LogP contribution is 2.23. The van der Waals surface area contributed by atoms with Crippen LogP contribution in [0.2, 0.25) is 0 Å². The molecule has 1 aromatic carbocycles. The molecule has 0 saturated heterocycles. The van der Waals surface area contributed by atoms with Gasteiger partial charge in [0.25, 0.3) is 0 Å². The first kappa shape index (κ1) is 12.8. The second-order valence-corrected chi connectivity index (χ2v) is 3.63. The number of rotatable bonds is 5. The van der Waals surface area contributed by atoms with Crippen molar-refractivity contribution in [2.45, 2.75) is 33.0 Å². The highest BCUT2D eigenvalue weighted by molar-refractivity contribution is 5.34. The summed E-state index contributed by atoms with van der Waals surface area (Å²) in [5.41, 5.74) is 0.122. The number of hydrogen-bond donors (Lipinski definition) is 1. The Morgan fingerprint density at radius 1 is 1.31 bits per heavy atom. The molecule has 1 N–H and O–H groups in total. The number of ether oxygens (including phenoxy) is 1. The van der Waals surface area contributed by atoms with Gasteiger partial charge >= 0.3 is 6.61 Å². The van der Waals surface area contributed by atoms with E-state index in [-0.39, 0.29) is 23.9 Å². The minimum absolute atomic E-state index is 0.122. The van der Waals surface area contributed by atoms with E-state index in [9.17, 15) is 13.2 Å². The Hall–Kier alpha value is -1.23. The topological polar surface area (TPSA) is 21.3 Å². The molecule has 0 saturated carbocycles. The van der Waals surface area contributed by atoms with Gasteiger partial charge in [0, 0.05) is 18.2 Å². The molecule has 16 heavy (non-hydrogen) atoms. The van der Waals surface area contributed by atoms with Crippen LogP contribution < -0.4 is 10.1 Å². The fraction of sp³-hybridized carbons (Fsp3) is 0.455. The van der Waals surface area contributed by atoms with Crippen LogP contribution in [0.3, 0.4) is 0 Å². The summed E-state index contributed by atoms with van der Waals surface area (Å²) < 4.78 is 41.8. The third-order valence-electron chi connectivity index (χ3n) is 1.98. The molecule has 0 unspecified atom stereocenters. The van der Waals surface area contributed by atoms with E-state index in [1.165, 1.54) is 18.2 Å². The van der Waals surface area contributed by atoms with Crippen molar-refractivity contribution in [2.24, 2.45) is 0 Å². The molecule has 0 aliphatic rings. The zero-order valence-electron chi connectivity index (χ0n) is 9.14. The molecule has 90 valence electrons. The maximum absolute atomic E-state index is 13.4. The van der Waals surface area contributed by atoms with E-state index in [2.05, 4.69) is 10.1 Å². The highest BCUT2D eigenvalue weighted by atomic mass is 19.3. The van der Waals surface area contributed by atoms with Gasteiger partial charge in [0.05, 0.1) is 0 Å². The van der Waals surface area contributed by atoms with E-state index in [1.807, 2.05) is 13.8 Å². The second-order valence-electron chi connectivity index (χ2n) is 3.63. The Bertz CT molecular complexity index is 342. The van der Waals surface area contributed by atoms with Crippen molar-refractivity contribution in [1.82, 2.24) is 5.32 Å². The number of hydrogen-bond acceptors (Lipinski definition) is 2. The summed E-state index contributed by atoms with van der Waals surface area (Å²) in [4.78, 5) is 0. The SMILES string of the molecule is CC(C)NCc1c(F)cccc1OC(F)F. The summed E-state index contributed by atoms with van der Waals surface area (Å²) in [6.07, 6.45) is 0. The van der Waals surface area contributed by atoms with E-state index in [4.69, 9.17) is 0 Å². The van der Waals surface area contributed by atoms with Crippen LogP contribution in [0, 0.1) is 5.82 Å². The third kappa shape index (κ3) is 3.73. The molecule has 0 aliphatic carbocycles. The quantitative estimate of drug-likeness (QED) is 0.844. The fourth-order valence-electron chi connectivity index (χ4n) is 1.22. The second kappa shape index (κ2) is 5.75. The molecule has 0 fully saturated rings. The van der Waals surface area contributed by atoms with Crippen molar-refractivity contribution in [1.29, 1.82) is 0 Å². The first-order valence-corrected chi connectivity index (χ1v) is 4.96. The van der Waals surface area contributed by atoms with E-state index in [1.54, 1.807) is 0 Å². The summed E-state index contributed by atoms with van der Waals surface area (Å²) in [7, 11) is 0. The Labute approximate surface area is 92.4 Å². The van der Waals surface area contributed by atoms with E-state index in [0.717, 1.165) is 0 Å². The molecule has 0 radical (unpaired) electrons. The van der Waals surface area contributed by atoms with E-state index < -0.39 is 12.4 Å². The van der Waals surface area contributed by atoms with Crippen LogP contribution in [-0.2, 0) is 6.54 Å². The Morgan fingerprint density at radius 3 is 2.56 bits per heavy atom. The molecule has 0 bridgehead atoms. The predicted molar refractivity (Wildman–Crippen MR) is 55.0 cm³/mol. The molecule has 0 heterocycles. The monoisotopic (exact) mass is 233 g/mol. The van der Waals surface area contributed by atoms with Crippen LogP contribution in [0.25, 0.3) is 0 Å². The lowest BCUT2D eigenvalue weighted by Crippen LogP contribution is -2.23. The van der Waals surface area contributed by atoms with Gasteiger partial charge < -0.3 is 10.1 Å². The van der Waals surface area contributed by atoms with E-state index >= 15 is 0 Å². The molecule has 1 aromatic rings. The van der Waals surface area contributed by atoms with Gasteiger partial charge in [-0.05, 0) is 12.1 Å². The first-order chi connectivity index (χ1) is 7.50. The molecular weight excluding hydrogens is 219 g/mol. The van der Waals surface area contributed by atoms with Crippen molar-refractivity contribution in [2.75, 3.05) is 0 Å². The summed E-state index contributed by atoms with van der Waals surface area (Å²) in [5.74, 6) is -0.672. The van der Waals surface area contributed by atoms with Crippen molar-refractivity contribution in [3.8, 4) is 5.75 Å². The summed E-state index contributed by atoms with van der Waals surface area (Å²) >= 11 is 0. The van der Waals surface area contributed by atoms with Crippen molar-refractivity contribution < 1.29 is 17.9 Å². The standard InChI is InChI=1S/C11H14F3NO/c1-7(2)15-6-8-9(12)4-3-5-10(8)16-11(13)14/h3-5,7,11,15H,6H2,1-2H3. The Morgan fingerprint density at radius 2 is 2.00 bits per heavy atom. The maximum atomic E-state index is 13.4. The molecule has 0 atom stereocenters. The van der Waals surface area contributed by atoms with Crippen LogP contribution in [-0.4, -0.2) is 12.7 Å². The van der Waals surface area contributed by atoms with Crippen LogP contribution in [0.5, 0.6) is 5.75 Å². The predicted octanol–water partition coefficient (Wildman–Crippen LogP) is 2.93. The lowest BCUT2D eigenvalue weighted by molar-refractivity contribution is -0.0506. The normalized spacial score (nSPS) is 11.2. The van der Waals surface area contributed by atoms with Gasteiger partial charge in [-0.1, -0.05) is 19.9 Å². The largest absolute Gasteiger partial charge is 0.434 e. The summed E-state index contributed by atoms with van der Waals surface area (Å²) in [6, 6.07) is 4.02. The van der Waals surface area contributed by atoms with Crippen LogP contribution in [0.1, 0.15) is 19.4 Å². The molecule has 1 rings (SSSR count). The van der Waals surface area contributed by atoms with Crippen molar-refractivity contribution in [3.63, 3.8) is 0 Å². The van der Waals surface area contributed by atoms with Crippen LogP contribution >= 0.6 is 0 Å².